The van der Waals surface area contributed by atoms with Gasteiger partial charge in [-0.05, 0) is 59.0 Å². The summed E-state index contributed by atoms with van der Waals surface area (Å²) in [7, 11) is 1.96. The van der Waals surface area contributed by atoms with Crippen molar-refractivity contribution in [3.05, 3.63) is 42.5 Å². The Morgan fingerprint density at radius 2 is 1.85 bits per heavy atom. The molecule has 0 unspecified atom stereocenters. The minimum absolute atomic E-state index is 0.135. The van der Waals surface area contributed by atoms with Gasteiger partial charge in [-0.25, -0.2) is 4.98 Å². The van der Waals surface area contributed by atoms with Crippen molar-refractivity contribution in [1.29, 1.82) is 0 Å². The number of ether oxygens (including phenoxy) is 1. The Morgan fingerprint density at radius 1 is 1.20 bits per heavy atom. The molecule has 2 rings (SSSR count). The number of aromatic nitrogens is 2. The minimum Gasteiger partial charge on any atom is -0.491 e. The van der Waals surface area contributed by atoms with Crippen molar-refractivity contribution in [3.8, 4) is 11.4 Å². The van der Waals surface area contributed by atoms with Crippen molar-refractivity contribution < 1.29 is 4.74 Å². The maximum atomic E-state index is 5.67. The third-order valence-corrected chi connectivity index (χ3v) is 3.39. The van der Waals surface area contributed by atoms with Gasteiger partial charge in [0.25, 0.3) is 0 Å². The van der Waals surface area contributed by atoms with E-state index in [1.54, 1.807) is 0 Å². The van der Waals surface area contributed by atoms with Crippen LogP contribution in [0.15, 0.2) is 36.8 Å². The predicted molar refractivity (Wildman–Crippen MR) is 81.4 cm³/mol. The molecule has 0 aliphatic carbocycles. The molecule has 0 saturated heterocycles. The molecular formula is C16H23N3O. The fraction of sp³-hybridized carbons (Fsp3) is 0.438. The summed E-state index contributed by atoms with van der Waals surface area (Å²) in [5, 5.41) is 3.31. The lowest BCUT2D eigenvalue weighted by Crippen LogP contribution is -2.35. The summed E-state index contributed by atoms with van der Waals surface area (Å²) in [6.07, 6.45) is 3.93. The second-order valence-corrected chi connectivity index (χ2v) is 5.68. The topological polar surface area (TPSA) is 39.1 Å². The van der Waals surface area contributed by atoms with Crippen LogP contribution in [-0.4, -0.2) is 22.7 Å². The first kappa shape index (κ1) is 14.6. The highest BCUT2D eigenvalue weighted by Gasteiger charge is 2.22. The summed E-state index contributed by atoms with van der Waals surface area (Å²) >= 11 is 0. The van der Waals surface area contributed by atoms with Crippen molar-refractivity contribution in [1.82, 2.24) is 14.9 Å². The van der Waals surface area contributed by atoms with Gasteiger partial charge in [-0.3, -0.25) is 0 Å². The fourth-order valence-corrected chi connectivity index (χ4v) is 2.05. The van der Waals surface area contributed by atoms with E-state index in [9.17, 15) is 0 Å². The Hall–Kier alpha value is -1.81. The zero-order valence-electron chi connectivity index (χ0n) is 12.8. The van der Waals surface area contributed by atoms with Crippen molar-refractivity contribution in [2.24, 2.45) is 0 Å². The molecule has 0 aliphatic heterocycles. The highest BCUT2D eigenvalue weighted by atomic mass is 16.5. The van der Waals surface area contributed by atoms with E-state index in [4.69, 9.17) is 4.74 Å². The van der Waals surface area contributed by atoms with Gasteiger partial charge in [0, 0.05) is 5.69 Å². The van der Waals surface area contributed by atoms with Crippen LogP contribution < -0.4 is 10.1 Å². The van der Waals surface area contributed by atoms with Gasteiger partial charge in [-0.1, -0.05) is 0 Å². The molecule has 0 amide bonds. The molecule has 1 heterocycles. The molecule has 1 aromatic heterocycles. The SMILES string of the molecule is CNC(C)(C)c1cncn1-c1ccc(OC(C)C)cc1. The summed E-state index contributed by atoms with van der Waals surface area (Å²) < 4.78 is 7.76. The lowest BCUT2D eigenvalue weighted by atomic mass is 10.0. The Morgan fingerprint density at radius 3 is 2.40 bits per heavy atom. The van der Waals surface area contributed by atoms with Gasteiger partial charge in [0.1, 0.15) is 5.75 Å². The molecule has 0 saturated carbocycles. The van der Waals surface area contributed by atoms with Crippen molar-refractivity contribution in [2.45, 2.75) is 39.3 Å². The van der Waals surface area contributed by atoms with Crippen LogP contribution in [-0.2, 0) is 5.54 Å². The van der Waals surface area contributed by atoms with Crippen LogP contribution in [0.25, 0.3) is 5.69 Å². The van der Waals surface area contributed by atoms with E-state index in [1.165, 1.54) is 0 Å². The van der Waals surface area contributed by atoms with Crippen LogP contribution >= 0.6 is 0 Å². The molecule has 0 radical (unpaired) electrons. The smallest absolute Gasteiger partial charge is 0.119 e. The van der Waals surface area contributed by atoms with Gasteiger partial charge in [-0.2, -0.15) is 0 Å². The summed E-state index contributed by atoms with van der Waals surface area (Å²) in [4.78, 5) is 4.28. The molecular weight excluding hydrogens is 250 g/mol. The molecule has 0 aliphatic rings. The zero-order chi connectivity index (χ0) is 14.8. The van der Waals surface area contributed by atoms with E-state index in [0.717, 1.165) is 17.1 Å². The van der Waals surface area contributed by atoms with Crippen molar-refractivity contribution >= 4 is 0 Å². The molecule has 0 atom stereocenters. The molecule has 1 N–H and O–H groups in total. The number of rotatable bonds is 5. The van der Waals surface area contributed by atoms with Gasteiger partial charge in [0.15, 0.2) is 0 Å². The van der Waals surface area contributed by atoms with E-state index >= 15 is 0 Å². The van der Waals surface area contributed by atoms with Crippen LogP contribution in [0.2, 0.25) is 0 Å². The third-order valence-electron chi connectivity index (χ3n) is 3.39. The number of imidazole rings is 1. The van der Waals surface area contributed by atoms with Gasteiger partial charge >= 0.3 is 0 Å². The van der Waals surface area contributed by atoms with Gasteiger partial charge in [0.05, 0.1) is 29.9 Å². The highest BCUT2D eigenvalue weighted by molar-refractivity contribution is 5.39. The van der Waals surface area contributed by atoms with Crippen LogP contribution in [0.3, 0.4) is 0 Å². The van der Waals surface area contributed by atoms with Crippen LogP contribution in [0.1, 0.15) is 33.4 Å². The first-order valence-electron chi connectivity index (χ1n) is 6.93. The monoisotopic (exact) mass is 273 g/mol. The Bertz CT molecular complexity index is 555. The van der Waals surface area contributed by atoms with E-state index in [1.807, 2.05) is 45.6 Å². The summed E-state index contributed by atoms with van der Waals surface area (Å²) in [5.41, 5.74) is 2.07. The quantitative estimate of drug-likeness (QED) is 0.909. The molecule has 2 aromatic rings. The maximum absolute atomic E-state index is 5.67. The van der Waals surface area contributed by atoms with Crippen molar-refractivity contribution in [3.63, 3.8) is 0 Å². The summed E-state index contributed by atoms with van der Waals surface area (Å²) in [6.45, 7) is 8.32. The minimum atomic E-state index is -0.135. The number of hydrogen-bond acceptors (Lipinski definition) is 3. The second kappa shape index (κ2) is 5.67. The number of hydrogen-bond donors (Lipinski definition) is 1. The average molecular weight is 273 g/mol. The fourth-order valence-electron chi connectivity index (χ4n) is 2.05. The van der Waals surface area contributed by atoms with E-state index < -0.39 is 0 Å². The first-order valence-corrected chi connectivity index (χ1v) is 6.93. The van der Waals surface area contributed by atoms with Crippen LogP contribution in [0.5, 0.6) is 5.75 Å². The molecule has 0 spiro atoms. The maximum Gasteiger partial charge on any atom is 0.119 e. The number of nitrogens with one attached hydrogen (secondary N) is 1. The van der Waals surface area contributed by atoms with Crippen molar-refractivity contribution in [2.75, 3.05) is 7.05 Å². The third kappa shape index (κ3) is 3.02. The Kier molecular flexibility index (Phi) is 4.14. The van der Waals surface area contributed by atoms with Gasteiger partial charge in [0.2, 0.25) is 0 Å². The van der Waals surface area contributed by atoms with Gasteiger partial charge in [-0.15, -0.1) is 0 Å². The lowest BCUT2D eigenvalue weighted by molar-refractivity contribution is 0.242. The van der Waals surface area contributed by atoms with E-state index in [2.05, 4.69) is 40.8 Å². The average Bonchev–Trinajstić information content (AvgIpc) is 2.89. The summed E-state index contributed by atoms with van der Waals surface area (Å²) in [5.74, 6) is 0.887. The molecule has 4 heteroatoms. The van der Waals surface area contributed by atoms with Gasteiger partial charge < -0.3 is 14.6 Å². The highest BCUT2D eigenvalue weighted by Crippen LogP contribution is 2.24. The standard InChI is InChI=1S/C16H23N3O/c1-12(2)20-14-8-6-13(7-9-14)19-11-18-10-15(19)16(3,4)17-5/h6-12,17H,1-5H3. The largest absolute Gasteiger partial charge is 0.491 e. The molecule has 0 bridgehead atoms. The second-order valence-electron chi connectivity index (χ2n) is 5.68. The molecule has 20 heavy (non-hydrogen) atoms. The van der Waals surface area contributed by atoms with Crippen LogP contribution in [0.4, 0.5) is 0 Å². The van der Waals surface area contributed by atoms with E-state index in [-0.39, 0.29) is 11.6 Å². The number of benzene rings is 1. The number of nitrogens with zero attached hydrogens (tertiary/aromatic N) is 2. The summed E-state index contributed by atoms with van der Waals surface area (Å²) in [6, 6.07) is 8.08. The zero-order valence-corrected chi connectivity index (χ0v) is 12.8. The first-order chi connectivity index (χ1) is 9.44. The molecule has 108 valence electrons. The lowest BCUT2D eigenvalue weighted by Gasteiger charge is -2.25. The predicted octanol–water partition coefficient (Wildman–Crippen LogP) is 3.11. The Balaban J connectivity index is 2.31. The van der Waals surface area contributed by atoms with E-state index in [0.29, 0.717) is 0 Å². The normalized spacial score (nSPS) is 11.9. The Labute approximate surface area is 120 Å². The molecule has 0 fully saturated rings. The van der Waals surface area contributed by atoms with Crippen LogP contribution in [0, 0.1) is 0 Å². The molecule has 4 nitrogen and oxygen atoms in total. The molecule has 1 aromatic carbocycles.